The highest BCUT2D eigenvalue weighted by Crippen LogP contribution is 2.24. The lowest BCUT2D eigenvalue weighted by Gasteiger charge is -2.27. The number of aliphatic carboxylic acids is 1. The van der Waals surface area contributed by atoms with E-state index in [0.29, 0.717) is 6.42 Å². The quantitative estimate of drug-likeness (QED) is 0.181. The van der Waals surface area contributed by atoms with Crippen LogP contribution in [0.15, 0.2) is 72.8 Å². The van der Waals surface area contributed by atoms with Gasteiger partial charge in [-0.05, 0) is 55.0 Å². The van der Waals surface area contributed by atoms with Gasteiger partial charge in [0.25, 0.3) is 5.91 Å². The molecule has 0 aliphatic carbocycles. The number of hydrogen-bond acceptors (Lipinski definition) is 6. The van der Waals surface area contributed by atoms with Crippen LogP contribution in [0.2, 0.25) is 0 Å². The molecule has 3 N–H and O–H groups in total. The van der Waals surface area contributed by atoms with Gasteiger partial charge in [-0.2, -0.15) is 0 Å². The van der Waals surface area contributed by atoms with Crippen LogP contribution in [0.25, 0.3) is 10.8 Å². The first-order chi connectivity index (χ1) is 21.7. The molecule has 2 amide bonds. The Morgan fingerprint density at radius 2 is 1.43 bits per heavy atom. The van der Waals surface area contributed by atoms with Gasteiger partial charge in [-0.3, -0.25) is 28.8 Å². The van der Waals surface area contributed by atoms with Gasteiger partial charge in [0.15, 0.2) is 5.78 Å². The van der Waals surface area contributed by atoms with E-state index in [-0.39, 0.29) is 37.4 Å². The molecule has 0 aliphatic heterocycles. The summed E-state index contributed by atoms with van der Waals surface area (Å²) in [5.74, 6) is -5.47. The van der Waals surface area contributed by atoms with Gasteiger partial charge in [-0.1, -0.05) is 93.1 Å². The zero-order valence-corrected chi connectivity index (χ0v) is 27.2. The van der Waals surface area contributed by atoms with E-state index in [1.807, 2.05) is 79.7 Å². The fourth-order valence-corrected chi connectivity index (χ4v) is 5.28. The maximum Gasteiger partial charge on any atom is 0.309 e. The van der Waals surface area contributed by atoms with Crippen LogP contribution in [0, 0.1) is 17.3 Å². The van der Waals surface area contributed by atoms with E-state index in [1.54, 1.807) is 6.92 Å². The van der Waals surface area contributed by atoms with E-state index in [2.05, 4.69) is 10.6 Å². The predicted octanol–water partition coefficient (Wildman–Crippen LogP) is 4.88. The van der Waals surface area contributed by atoms with Crippen LogP contribution in [0.1, 0.15) is 65.0 Å². The first-order valence-electron chi connectivity index (χ1n) is 15.7. The summed E-state index contributed by atoms with van der Waals surface area (Å²) in [6.07, 6.45) is 0.507. The van der Waals surface area contributed by atoms with E-state index < -0.39 is 52.8 Å². The van der Waals surface area contributed by atoms with Gasteiger partial charge in [0.2, 0.25) is 11.7 Å². The number of carboxylic acid groups (broad SMARTS) is 1. The number of benzene rings is 3. The summed E-state index contributed by atoms with van der Waals surface area (Å²) in [5, 5.41) is 16.6. The normalized spacial score (nSPS) is 14.0. The largest absolute Gasteiger partial charge is 0.481 e. The lowest BCUT2D eigenvalue weighted by Crippen LogP contribution is -2.53. The van der Waals surface area contributed by atoms with Crippen LogP contribution >= 0.6 is 0 Å². The molecule has 0 aliphatic rings. The zero-order valence-electron chi connectivity index (χ0n) is 27.2. The number of hydrogen-bond donors (Lipinski definition) is 3. The topological polar surface area (TPSA) is 147 Å². The summed E-state index contributed by atoms with van der Waals surface area (Å²) in [7, 11) is 0. The highest BCUT2D eigenvalue weighted by Gasteiger charge is 2.37. The number of carboxylic acids is 1. The molecule has 3 aromatic carbocycles. The van der Waals surface area contributed by atoms with Crippen LogP contribution in [0.4, 0.5) is 0 Å². The van der Waals surface area contributed by atoms with Crippen LogP contribution in [0.3, 0.4) is 0 Å². The van der Waals surface area contributed by atoms with E-state index in [4.69, 9.17) is 0 Å². The van der Waals surface area contributed by atoms with Crippen LogP contribution < -0.4 is 10.6 Å². The average molecular weight is 629 g/mol. The lowest BCUT2D eigenvalue weighted by molar-refractivity contribution is -0.150. The summed E-state index contributed by atoms with van der Waals surface area (Å²) < 4.78 is 0. The Kier molecular flexibility index (Phi) is 12.5. The number of carbonyl (C=O) groups is 6. The molecular formula is C37H44N2O7. The molecule has 0 spiro atoms. The number of amides is 2. The van der Waals surface area contributed by atoms with Crippen LogP contribution in [0.5, 0.6) is 0 Å². The van der Waals surface area contributed by atoms with Crippen molar-refractivity contribution in [3.8, 4) is 0 Å². The van der Waals surface area contributed by atoms with Crippen molar-refractivity contribution in [2.24, 2.45) is 17.3 Å². The van der Waals surface area contributed by atoms with E-state index in [0.717, 1.165) is 21.9 Å². The average Bonchev–Trinajstić information content (AvgIpc) is 3.02. The van der Waals surface area contributed by atoms with Gasteiger partial charge >= 0.3 is 5.97 Å². The van der Waals surface area contributed by atoms with Crippen LogP contribution in [-0.4, -0.2) is 52.3 Å². The maximum absolute atomic E-state index is 13.5. The minimum absolute atomic E-state index is 0.0649. The highest BCUT2D eigenvalue weighted by molar-refractivity contribution is 6.38. The Morgan fingerprint density at radius 3 is 2.07 bits per heavy atom. The SMILES string of the molecule is CCC(C)C(NC(=O)C(=O)C(C)NC(=O)C(CC(=O)Cc1ccc2ccccc2c1)Cc1ccccc1)C(=O)CC(C)(C)C(=O)O. The first kappa shape index (κ1) is 35.8. The summed E-state index contributed by atoms with van der Waals surface area (Å²) in [6, 6.07) is 20.6. The third kappa shape index (κ3) is 9.92. The highest BCUT2D eigenvalue weighted by atomic mass is 16.4. The van der Waals surface area contributed by atoms with Crippen molar-refractivity contribution < 1.29 is 33.9 Å². The lowest BCUT2D eigenvalue weighted by atomic mass is 9.82. The fraction of sp³-hybridized carbons (Fsp3) is 0.405. The minimum atomic E-state index is -1.35. The molecule has 3 rings (SSSR count). The van der Waals surface area contributed by atoms with Gasteiger partial charge in [-0.25, -0.2) is 0 Å². The molecule has 4 unspecified atom stereocenters. The van der Waals surface area contributed by atoms with Gasteiger partial charge in [0.05, 0.1) is 17.5 Å². The maximum atomic E-state index is 13.5. The molecule has 9 nitrogen and oxygen atoms in total. The number of Topliss-reactive ketones (excluding diaryl/α,β-unsaturated/α-hetero) is 3. The Balaban J connectivity index is 1.70. The second kappa shape index (κ2) is 16.1. The van der Waals surface area contributed by atoms with Crippen molar-refractivity contribution in [1.82, 2.24) is 10.6 Å². The minimum Gasteiger partial charge on any atom is -0.481 e. The molecule has 9 heteroatoms. The molecular weight excluding hydrogens is 584 g/mol. The number of rotatable bonds is 17. The molecule has 0 fully saturated rings. The molecule has 0 radical (unpaired) electrons. The third-order valence-corrected chi connectivity index (χ3v) is 8.40. The number of ketones is 3. The van der Waals surface area contributed by atoms with Crippen LogP contribution in [-0.2, 0) is 41.6 Å². The van der Waals surface area contributed by atoms with Crippen molar-refractivity contribution in [1.29, 1.82) is 0 Å². The van der Waals surface area contributed by atoms with Crippen molar-refractivity contribution in [2.45, 2.75) is 78.8 Å². The molecule has 0 saturated carbocycles. The van der Waals surface area contributed by atoms with Gasteiger partial charge in [-0.15, -0.1) is 0 Å². The predicted molar refractivity (Wildman–Crippen MR) is 176 cm³/mol. The smallest absolute Gasteiger partial charge is 0.309 e. The molecule has 0 bridgehead atoms. The summed E-state index contributed by atoms with van der Waals surface area (Å²) in [5.41, 5.74) is 0.329. The molecule has 3 aromatic rings. The third-order valence-electron chi connectivity index (χ3n) is 8.40. The molecule has 0 aromatic heterocycles. The monoisotopic (exact) mass is 628 g/mol. The summed E-state index contributed by atoms with van der Waals surface area (Å²) in [4.78, 5) is 77.4. The fourth-order valence-electron chi connectivity index (χ4n) is 5.28. The van der Waals surface area contributed by atoms with E-state index in [9.17, 15) is 33.9 Å². The standard InChI is InChI=1S/C37H44N2O7/c1-6-23(2)32(31(41)22-37(4,5)36(45)46)39-35(44)33(42)24(3)38-34(43)29(18-25-12-8-7-9-13-25)21-30(40)20-26-16-17-27-14-10-11-15-28(27)19-26/h7-17,19,23-24,29,32H,6,18,20-22H2,1-5H3,(H,38,43)(H,39,44)(H,45,46). The molecule has 0 saturated heterocycles. The second-order valence-corrected chi connectivity index (χ2v) is 12.8. The Labute approximate surface area is 270 Å². The van der Waals surface area contributed by atoms with Crippen molar-refractivity contribution in [3.63, 3.8) is 0 Å². The molecule has 46 heavy (non-hydrogen) atoms. The molecule has 244 valence electrons. The summed E-state index contributed by atoms with van der Waals surface area (Å²) >= 11 is 0. The zero-order chi connectivity index (χ0) is 34.0. The molecule has 4 atom stereocenters. The molecule has 0 heterocycles. The van der Waals surface area contributed by atoms with E-state index >= 15 is 0 Å². The Hall–Kier alpha value is -4.66. The van der Waals surface area contributed by atoms with Gasteiger partial charge < -0.3 is 15.7 Å². The Morgan fingerprint density at radius 1 is 0.804 bits per heavy atom. The van der Waals surface area contributed by atoms with Crippen molar-refractivity contribution in [2.75, 3.05) is 0 Å². The van der Waals surface area contributed by atoms with Crippen molar-refractivity contribution in [3.05, 3.63) is 83.9 Å². The Bertz CT molecular complexity index is 1580. The van der Waals surface area contributed by atoms with Crippen molar-refractivity contribution >= 4 is 45.9 Å². The van der Waals surface area contributed by atoms with Gasteiger partial charge in [0, 0.05) is 25.2 Å². The summed E-state index contributed by atoms with van der Waals surface area (Å²) in [6.45, 7) is 7.77. The van der Waals surface area contributed by atoms with Gasteiger partial charge in [0.1, 0.15) is 5.78 Å². The number of nitrogens with one attached hydrogen (secondary N) is 2. The number of carbonyl (C=O) groups excluding carboxylic acids is 5. The van der Waals surface area contributed by atoms with E-state index in [1.165, 1.54) is 20.8 Å². The second-order valence-electron chi connectivity index (χ2n) is 12.8. The first-order valence-corrected chi connectivity index (χ1v) is 15.7. The number of fused-ring (bicyclic) bond motifs is 1.